The smallest absolute Gasteiger partial charge is 0.251 e. The van der Waals surface area contributed by atoms with Crippen molar-refractivity contribution < 1.29 is 9.90 Å². The van der Waals surface area contributed by atoms with E-state index in [1.54, 1.807) is 19.1 Å². The normalized spacial score (nSPS) is 11.2. The molecule has 16 heavy (non-hydrogen) atoms. The number of hydrogen-bond donors (Lipinski definition) is 2. The van der Waals surface area contributed by atoms with Crippen LogP contribution in [0.1, 0.15) is 17.3 Å². The van der Waals surface area contributed by atoms with Gasteiger partial charge in [0.2, 0.25) is 0 Å². The molecular formula is C11H13Cl2NO2. The van der Waals surface area contributed by atoms with E-state index in [2.05, 4.69) is 5.32 Å². The second kappa shape index (κ2) is 5.41. The molecule has 1 rings (SSSR count). The summed E-state index contributed by atoms with van der Waals surface area (Å²) in [5, 5.41) is 12.0. The van der Waals surface area contributed by atoms with Crippen LogP contribution in [0.3, 0.4) is 0 Å². The molecule has 0 unspecified atom stereocenters. The van der Waals surface area contributed by atoms with Crippen molar-refractivity contribution in [2.75, 3.05) is 11.8 Å². The Labute approximate surface area is 104 Å². The zero-order chi connectivity index (χ0) is 12.2. The topological polar surface area (TPSA) is 49.3 Å². The number of alkyl halides is 2. The lowest BCUT2D eigenvalue weighted by Crippen LogP contribution is -2.49. The summed E-state index contributed by atoms with van der Waals surface area (Å²) in [4.78, 5) is 11.8. The van der Waals surface area contributed by atoms with Gasteiger partial charge in [-0.3, -0.25) is 4.79 Å². The molecule has 0 saturated heterocycles. The van der Waals surface area contributed by atoms with E-state index in [0.717, 1.165) is 0 Å². The minimum Gasteiger partial charge on any atom is -0.508 e. The maximum atomic E-state index is 11.8. The number of hydrogen-bond acceptors (Lipinski definition) is 2. The molecule has 0 aliphatic rings. The quantitative estimate of drug-likeness (QED) is 0.818. The number of amides is 1. The van der Waals surface area contributed by atoms with E-state index in [1.807, 2.05) is 0 Å². The number of carbonyl (C=O) groups excluding carboxylic acids is 1. The van der Waals surface area contributed by atoms with Crippen molar-refractivity contribution in [1.82, 2.24) is 5.32 Å². The Morgan fingerprint density at radius 2 is 2.06 bits per heavy atom. The Morgan fingerprint density at radius 3 is 2.56 bits per heavy atom. The van der Waals surface area contributed by atoms with Crippen LogP contribution in [0, 0.1) is 0 Å². The van der Waals surface area contributed by atoms with Gasteiger partial charge in [0.15, 0.2) is 0 Å². The number of phenolic OH excluding ortho intramolecular Hbond substituents is 1. The van der Waals surface area contributed by atoms with E-state index in [-0.39, 0.29) is 23.4 Å². The second-order valence-corrected chi connectivity index (χ2v) is 4.37. The maximum absolute atomic E-state index is 11.8. The van der Waals surface area contributed by atoms with Crippen molar-refractivity contribution in [3.8, 4) is 5.75 Å². The average molecular weight is 262 g/mol. The van der Waals surface area contributed by atoms with Crippen molar-refractivity contribution in [1.29, 1.82) is 0 Å². The van der Waals surface area contributed by atoms with Crippen LogP contribution in [0.2, 0.25) is 0 Å². The lowest BCUT2D eigenvalue weighted by Gasteiger charge is -2.25. The van der Waals surface area contributed by atoms with E-state index in [1.165, 1.54) is 12.1 Å². The molecule has 0 atom stereocenters. The Hall–Kier alpha value is -0.930. The summed E-state index contributed by atoms with van der Waals surface area (Å²) in [7, 11) is 0. The summed E-state index contributed by atoms with van der Waals surface area (Å²) < 4.78 is 0. The first kappa shape index (κ1) is 13.1. The fraction of sp³-hybridized carbons (Fsp3) is 0.364. The van der Waals surface area contributed by atoms with Gasteiger partial charge in [-0.1, -0.05) is 6.07 Å². The highest BCUT2D eigenvalue weighted by atomic mass is 35.5. The predicted octanol–water partition coefficient (Wildman–Crippen LogP) is 2.36. The highest BCUT2D eigenvalue weighted by molar-refractivity contribution is 6.22. The van der Waals surface area contributed by atoms with Gasteiger partial charge in [-0.15, -0.1) is 23.2 Å². The first-order valence-electron chi connectivity index (χ1n) is 4.74. The third kappa shape index (κ3) is 3.29. The maximum Gasteiger partial charge on any atom is 0.251 e. The summed E-state index contributed by atoms with van der Waals surface area (Å²) in [6.07, 6.45) is 0. The van der Waals surface area contributed by atoms with Gasteiger partial charge in [-0.05, 0) is 25.1 Å². The zero-order valence-electron chi connectivity index (χ0n) is 8.84. The number of carbonyl (C=O) groups is 1. The van der Waals surface area contributed by atoms with Crippen LogP contribution in [0.4, 0.5) is 0 Å². The molecule has 1 aromatic rings. The Bertz CT molecular complexity index is 378. The van der Waals surface area contributed by atoms with Gasteiger partial charge in [-0.2, -0.15) is 0 Å². The molecule has 0 spiro atoms. The largest absolute Gasteiger partial charge is 0.508 e. The minimum absolute atomic E-state index is 0.0473. The molecule has 88 valence electrons. The van der Waals surface area contributed by atoms with Crippen LogP contribution >= 0.6 is 23.2 Å². The predicted molar refractivity (Wildman–Crippen MR) is 65.4 cm³/mol. The van der Waals surface area contributed by atoms with Gasteiger partial charge in [-0.25, -0.2) is 0 Å². The van der Waals surface area contributed by atoms with Gasteiger partial charge < -0.3 is 10.4 Å². The standard InChI is InChI=1S/C11H13Cl2NO2/c1-11(6-12,7-13)14-10(16)8-3-2-4-9(15)5-8/h2-5,15H,6-7H2,1H3,(H,14,16). The first-order valence-corrected chi connectivity index (χ1v) is 5.81. The first-order chi connectivity index (χ1) is 7.50. The molecule has 0 fully saturated rings. The van der Waals surface area contributed by atoms with Crippen LogP contribution in [-0.2, 0) is 0 Å². The lowest BCUT2D eigenvalue weighted by atomic mass is 10.1. The van der Waals surface area contributed by atoms with Crippen LogP contribution < -0.4 is 5.32 Å². The second-order valence-electron chi connectivity index (χ2n) is 3.83. The summed E-state index contributed by atoms with van der Waals surface area (Å²) >= 11 is 11.4. The molecule has 0 radical (unpaired) electrons. The summed E-state index contributed by atoms with van der Waals surface area (Å²) in [5.74, 6) is 0.188. The molecule has 0 aliphatic carbocycles. The van der Waals surface area contributed by atoms with E-state index in [9.17, 15) is 9.90 Å². The third-order valence-corrected chi connectivity index (χ3v) is 3.29. The molecule has 0 bridgehead atoms. The highest BCUT2D eigenvalue weighted by Crippen LogP contribution is 2.14. The van der Waals surface area contributed by atoms with Crippen molar-refractivity contribution in [2.45, 2.75) is 12.5 Å². The molecule has 2 N–H and O–H groups in total. The highest BCUT2D eigenvalue weighted by Gasteiger charge is 2.24. The van der Waals surface area contributed by atoms with E-state index in [4.69, 9.17) is 23.2 Å². The monoisotopic (exact) mass is 261 g/mol. The fourth-order valence-electron chi connectivity index (χ4n) is 1.10. The minimum atomic E-state index is -0.647. The van der Waals surface area contributed by atoms with Gasteiger partial charge >= 0.3 is 0 Å². The number of rotatable bonds is 4. The van der Waals surface area contributed by atoms with E-state index >= 15 is 0 Å². The van der Waals surface area contributed by atoms with Crippen molar-refractivity contribution in [2.24, 2.45) is 0 Å². The van der Waals surface area contributed by atoms with Gasteiger partial charge in [0, 0.05) is 17.3 Å². The molecule has 5 heteroatoms. The Balaban J connectivity index is 2.80. The summed E-state index contributed by atoms with van der Waals surface area (Å²) in [6, 6.07) is 6.10. The SMILES string of the molecule is CC(CCl)(CCl)NC(=O)c1cccc(O)c1. The number of nitrogens with one attached hydrogen (secondary N) is 1. The van der Waals surface area contributed by atoms with Crippen molar-refractivity contribution >= 4 is 29.1 Å². The van der Waals surface area contributed by atoms with Gasteiger partial charge in [0.05, 0.1) is 5.54 Å². The number of phenols is 1. The van der Waals surface area contributed by atoms with Crippen molar-refractivity contribution in [3.05, 3.63) is 29.8 Å². The summed E-state index contributed by atoms with van der Waals surface area (Å²) in [5.41, 5.74) is -0.271. The molecule has 0 aliphatic heterocycles. The van der Waals surface area contributed by atoms with E-state index in [0.29, 0.717) is 5.56 Å². The third-order valence-electron chi connectivity index (χ3n) is 2.11. The lowest BCUT2D eigenvalue weighted by molar-refractivity contribution is 0.0921. The molecule has 0 heterocycles. The zero-order valence-corrected chi connectivity index (χ0v) is 10.3. The Kier molecular flexibility index (Phi) is 4.44. The average Bonchev–Trinajstić information content (AvgIpc) is 2.29. The summed E-state index contributed by atoms with van der Waals surface area (Å²) in [6.45, 7) is 1.76. The van der Waals surface area contributed by atoms with Crippen LogP contribution in [-0.4, -0.2) is 28.3 Å². The molecule has 1 aromatic carbocycles. The Morgan fingerprint density at radius 1 is 1.44 bits per heavy atom. The fourth-order valence-corrected chi connectivity index (χ4v) is 1.52. The molecule has 0 aromatic heterocycles. The molecule has 0 saturated carbocycles. The number of benzene rings is 1. The molecule has 3 nitrogen and oxygen atoms in total. The molecular weight excluding hydrogens is 249 g/mol. The van der Waals surface area contributed by atoms with Crippen molar-refractivity contribution in [3.63, 3.8) is 0 Å². The number of aromatic hydroxyl groups is 1. The van der Waals surface area contributed by atoms with Crippen LogP contribution in [0.25, 0.3) is 0 Å². The van der Waals surface area contributed by atoms with Gasteiger partial charge in [0.25, 0.3) is 5.91 Å². The van der Waals surface area contributed by atoms with E-state index < -0.39 is 5.54 Å². The van der Waals surface area contributed by atoms with Crippen LogP contribution in [0.15, 0.2) is 24.3 Å². The van der Waals surface area contributed by atoms with Crippen LogP contribution in [0.5, 0.6) is 5.75 Å². The number of halogens is 2. The molecule has 1 amide bonds. The van der Waals surface area contributed by atoms with Gasteiger partial charge in [0.1, 0.15) is 5.75 Å².